The largest absolute Gasteiger partial charge is 0.378 e. The molecule has 0 aromatic heterocycles. The fourth-order valence-electron chi connectivity index (χ4n) is 2.00. The lowest BCUT2D eigenvalue weighted by Crippen LogP contribution is -2.52. The SMILES string of the molecule is CCC(CC)(CN)NC(=O)c1cccc(N(C)C)c1.Cl. The van der Waals surface area contributed by atoms with Gasteiger partial charge in [0.1, 0.15) is 0 Å². The molecule has 0 fully saturated rings. The van der Waals surface area contributed by atoms with E-state index in [2.05, 4.69) is 5.32 Å². The van der Waals surface area contributed by atoms with E-state index in [9.17, 15) is 4.79 Å². The summed E-state index contributed by atoms with van der Waals surface area (Å²) < 4.78 is 0. The summed E-state index contributed by atoms with van der Waals surface area (Å²) in [5.74, 6) is -0.0575. The molecule has 1 aromatic carbocycles. The maximum Gasteiger partial charge on any atom is 0.251 e. The third-order valence-corrected chi connectivity index (χ3v) is 3.75. The van der Waals surface area contributed by atoms with Gasteiger partial charge in [-0.3, -0.25) is 4.79 Å². The minimum absolute atomic E-state index is 0. The first-order valence-electron chi connectivity index (χ1n) is 6.78. The average molecular weight is 300 g/mol. The van der Waals surface area contributed by atoms with Crippen LogP contribution in [0.25, 0.3) is 0 Å². The second-order valence-electron chi connectivity index (χ2n) is 5.09. The first-order valence-corrected chi connectivity index (χ1v) is 6.78. The second-order valence-corrected chi connectivity index (χ2v) is 5.09. The van der Waals surface area contributed by atoms with Gasteiger partial charge in [-0.1, -0.05) is 19.9 Å². The van der Waals surface area contributed by atoms with Crippen molar-refractivity contribution in [3.63, 3.8) is 0 Å². The van der Waals surface area contributed by atoms with E-state index in [4.69, 9.17) is 5.73 Å². The minimum Gasteiger partial charge on any atom is -0.378 e. The van der Waals surface area contributed by atoms with Gasteiger partial charge in [0, 0.05) is 31.9 Å². The van der Waals surface area contributed by atoms with Gasteiger partial charge < -0.3 is 16.0 Å². The highest BCUT2D eigenvalue weighted by atomic mass is 35.5. The summed E-state index contributed by atoms with van der Waals surface area (Å²) in [5, 5.41) is 3.08. The van der Waals surface area contributed by atoms with E-state index in [-0.39, 0.29) is 23.9 Å². The maximum absolute atomic E-state index is 12.3. The van der Waals surface area contributed by atoms with E-state index in [1.165, 1.54) is 0 Å². The molecule has 5 heteroatoms. The predicted octanol–water partition coefficient (Wildman–Crippen LogP) is 2.42. The number of carbonyl (C=O) groups is 1. The number of nitrogens with one attached hydrogen (secondary N) is 1. The van der Waals surface area contributed by atoms with Gasteiger partial charge in [-0.15, -0.1) is 12.4 Å². The van der Waals surface area contributed by atoms with Gasteiger partial charge in [0.05, 0.1) is 5.54 Å². The van der Waals surface area contributed by atoms with Gasteiger partial charge in [0.15, 0.2) is 0 Å². The molecule has 0 unspecified atom stereocenters. The van der Waals surface area contributed by atoms with Crippen molar-refractivity contribution in [1.29, 1.82) is 0 Å². The van der Waals surface area contributed by atoms with Gasteiger partial charge in [-0.25, -0.2) is 0 Å². The number of rotatable bonds is 6. The van der Waals surface area contributed by atoms with Crippen molar-refractivity contribution >= 4 is 24.0 Å². The summed E-state index contributed by atoms with van der Waals surface area (Å²) in [7, 11) is 3.92. The first-order chi connectivity index (χ1) is 8.98. The highest BCUT2D eigenvalue weighted by molar-refractivity contribution is 5.95. The Balaban J connectivity index is 0.00000361. The molecule has 3 N–H and O–H groups in total. The number of anilines is 1. The third-order valence-electron chi connectivity index (χ3n) is 3.75. The summed E-state index contributed by atoms with van der Waals surface area (Å²) in [5.41, 5.74) is 7.20. The molecule has 0 aliphatic rings. The van der Waals surface area contributed by atoms with Crippen LogP contribution in [-0.2, 0) is 0 Å². The molecule has 0 aliphatic carbocycles. The highest BCUT2D eigenvalue weighted by Crippen LogP contribution is 2.17. The molecule has 0 spiro atoms. The Labute approximate surface area is 128 Å². The van der Waals surface area contributed by atoms with Gasteiger partial charge in [0.2, 0.25) is 0 Å². The number of hydrogen-bond donors (Lipinski definition) is 2. The van der Waals surface area contributed by atoms with Crippen molar-refractivity contribution in [2.75, 3.05) is 25.5 Å². The van der Waals surface area contributed by atoms with Crippen LogP contribution in [0.4, 0.5) is 5.69 Å². The maximum atomic E-state index is 12.3. The van der Waals surface area contributed by atoms with Crippen LogP contribution in [0.2, 0.25) is 0 Å². The second kappa shape index (κ2) is 8.12. The van der Waals surface area contributed by atoms with Crippen molar-refractivity contribution in [3.8, 4) is 0 Å². The number of hydrogen-bond acceptors (Lipinski definition) is 3. The van der Waals surface area contributed by atoms with Crippen LogP contribution in [0.5, 0.6) is 0 Å². The van der Waals surface area contributed by atoms with Gasteiger partial charge >= 0.3 is 0 Å². The lowest BCUT2D eigenvalue weighted by atomic mass is 9.92. The first kappa shape index (κ1) is 18.7. The Hall–Kier alpha value is -1.26. The van der Waals surface area contributed by atoms with Crippen LogP contribution in [0.3, 0.4) is 0 Å². The molecular formula is C15H26ClN3O. The molecule has 114 valence electrons. The van der Waals surface area contributed by atoms with Crippen LogP contribution in [-0.4, -0.2) is 32.1 Å². The lowest BCUT2D eigenvalue weighted by molar-refractivity contribution is 0.0895. The van der Waals surface area contributed by atoms with Crippen molar-refractivity contribution in [2.45, 2.75) is 32.2 Å². The van der Waals surface area contributed by atoms with E-state index >= 15 is 0 Å². The zero-order chi connectivity index (χ0) is 14.5. The normalized spacial score (nSPS) is 10.7. The van der Waals surface area contributed by atoms with Gasteiger partial charge in [-0.2, -0.15) is 0 Å². The summed E-state index contributed by atoms with van der Waals surface area (Å²) >= 11 is 0. The zero-order valence-electron chi connectivity index (χ0n) is 12.8. The molecule has 1 amide bonds. The Bertz CT molecular complexity index is 423. The molecule has 0 heterocycles. The molecule has 1 rings (SSSR count). The van der Waals surface area contributed by atoms with Crippen LogP contribution in [0.15, 0.2) is 24.3 Å². The molecule has 4 nitrogen and oxygen atoms in total. The number of amides is 1. The molecule has 0 atom stereocenters. The molecule has 0 saturated heterocycles. The monoisotopic (exact) mass is 299 g/mol. The van der Waals surface area contributed by atoms with Gasteiger partial charge in [-0.05, 0) is 31.0 Å². The number of benzene rings is 1. The Morgan fingerprint density at radius 3 is 2.35 bits per heavy atom. The fourth-order valence-corrected chi connectivity index (χ4v) is 2.00. The van der Waals surface area contributed by atoms with E-state index in [0.717, 1.165) is 18.5 Å². The quantitative estimate of drug-likeness (QED) is 0.848. The Morgan fingerprint density at radius 2 is 1.90 bits per heavy atom. The summed E-state index contributed by atoms with van der Waals surface area (Å²) in [6.07, 6.45) is 1.66. The summed E-state index contributed by atoms with van der Waals surface area (Å²) in [4.78, 5) is 14.3. The van der Waals surface area contributed by atoms with Crippen molar-refractivity contribution in [2.24, 2.45) is 5.73 Å². The number of halogens is 1. The van der Waals surface area contributed by atoms with E-state index in [0.29, 0.717) is 12.1 Å². The number of nitrogens with zero attached hydrogens (tertiary/aromatic N) is 1. The molecule has 0 bridgehead atoms. The predicted molar refractivity (Wildman–Crippen MR) is 87.9 cm³/mol. The zero-order valence-corrected chi connectivity index (χ0v) is 13.6. The number of nitrogens with two attached hydrogens (primary N) is 1. The smallest absolute Gasteiger partial charge is 0.251 e. The van der Waals surface area contributed by atoms with Crippen LogP contribution in [0, 0.1) is 0 Å². The molecule has 0 radical (unpaired) electrons. The molecule has 0 aliphatic heterocycles. The van der Waals surface area contributed by atoms with E-state index in [1.54, 1.807) is 0 Å². The summed E-state index contributed by atoms with van der Waals surface area (Å²) in [6, 6.07) is 7.59. The molecular weight excluding hydrogens is 274 g/mol. The Kier molecular flexibility index (Phi) is 7.61. The van der Waals surface area contributed by atoms with Crippen molar-refractivity contribution in [3.05, 3.63) is 29.8 Å². The van der Waals surface area contributed by atoms with Crippen molar-refractivity contribution < 1.29 is 4.79 Å². The van der Waals surface area contributed by atoms with Crippen LogP contribution >= 0.6 is 12.4 Å². The fraction of sp³-hybridized carbons (Fsp3) is 0.533. The lowest BCUT2D eigenvalue weighted by Gasteiger charge is -2.31. The van der Waals surface area contributed by atoms with E-state index in [1.807, 2.05) is 57.1 Å². The molecule has 20 heavy (non-hydrogen) atoms. The van der Waals surface area contributed by atoms with E-state index < -0.39 is 0 Å². The summed E-state index contributed by atoms with van der Waals surface area (Å²) in [6.45, 7) is 4.55. The molecule has 1 aromatic rings. The van der Waals surface area contributed by atoms with Crippen LogP contribution in [0.1, 0.15) is 37.0 Å². The Morgan fingerprint density at radius 1 is 1.30 bits per heavy atom. The van der Waals surface area contributed by atoms with Gasteiger partial charge in [0.25, 0.3) is 5.91 Å². The average Bonchev–Trinajstić information content (AvgIpc) is 2.45. The standard InChI is InChI=1S/C15H25N3O.ClH/c1-5-15(6-2,11-16)17-14(19)12-8-7-9-13(10-12)18(3)4;/h7-10H,5-6,11,16H2,1-4H3,(H,17,19);1H. The topological polar surface area (TPSA) is 58.4 Å². The third kappa shape index (κ3) is 4.39. The molecule has 0 saturated carbocycles. The number of carbonyl (C=O) groups excluding carboxylic acids is 1. The minimum atomic E-state index is -0.300. The highest BCUT2D eigenvalue weighted by Gasteiger charge is 2.26. The van der Waals surface area contributed by atoms with Crippen LogP contribution < -0.4 is 16.0 Å². The van der Waals surface area contributed by atoms with Crippen molar-refractivity contribution in [1.82, 2.24) is 5.32 Å².